The van der Waals surface area contributed by atoms with Crippen LogP contribution in [0.25, 0.3) is 0 Å². The van der Waals surface area contributed by atoms with Crippen molar-refractivity contribution in [3.8, 4) is 0 Å². The predicted molar refractivity (Wildman–Crippen MR) is 40.1 cm³/mol. The Balaban J connectivity index is 0. The van der Waals surface area contributed by atoms with Gasteiger partial charge in [-0.15, -0.1) is 0 Å². The van der Waals surface area contributed by atoms with Gasteiger partial charge in [-0.2, -0.15) is 23.4 Å². The fraction of sp³-hybridized carbons (Fsp3) is 0. The van der Waals surface area contributed by atoms with Crippen LogP contribution in [0.2, 0.25) is 0 Å². The molecule has 1 rings (SSSR count). The Morgan fingerprint density at radius 3 is 2.29 bits per heavy atom. The van der Waals surface area contributed by atoms with E-state index in [0.717, 1.165) is 0 Å². The molecule has 1 unspecified atom stereocenters. The van der Waals surface area contributed by atoms with Crippen molar-refractivity contribution in [3.05, 3.63) is 18.7 Å². The second kappa shape index (κ2) is 5.99. The standard InChI is InChI=1S/C3H4N2.H3P.H2S/c1-2-5-3-4-1;;/h1-3H,(H,4,5);1H3;1H2. The predicted octanol–water partition coefficient (Wildman–Crippen LogP) is 0.581. The van der Waals surface area contributed by atoms with E-state index in [0.29, 0.717) is 0 Å². The number of aromatic nitrogens is 2. The Kier molecular flexibility index (Phi) is 8.62. The van der Waals surface area contributed by atoms with Gasteiger partial charge in [-0.3, -0.25) is 0 Å². The highest BCUT2D eigenvalue weighted by atomic mass is 32.1. The van der Waals surface area contributed by atoms with Gasteiger partial charge < -0.3 is 4.98 Å². The quantitative estimate of drug-likeness (QED) is 0.519. The summed E-state index contributed by atoms with van der Waals surface area (Å²) in [6.45, 7) is 0. The van der Waals surface area contributed by atoms with Crippen LogP contribution in [-0.2, 0) is 0 Å². The Labute approximate surface area is 52.8 Å². The fourth-order valence-corrected chi connectivity index (χ4v) is 0.215. The Morgan fingerprint density at radius 1 is 1.43 bits per heavy atom. The summed E-state index contributed by atoms with van der Waals surface area (Å²) in [6.07, 6.45) is 5.08. The maximum absolute atomic E-state index is 3.67. The molecule has 0 aromatic carbocycles. The maximum atomic E-state index is 3.67. The van der Waals surface area contributed by atoms with Gasteiger partial charge in [0.25, 0.3) is 0 Å². The van der Waals surface area contributed by atoms with Crippen molar-refractivity contribution in [2.75, 3.05) is 0 Å². The van der Waals surface area contributed by atoms with Gasteiger partial charge in [-0.1, -0.05) is 0 Å². The third kappa shape index (κ3) is 3.83. The molecule has 7 heavy (non-hydrogen) atoms. The topological polar surface area (TPSA) is 28.7 Å². The van der Waals surface area contributed by atoms with Crippen LogP contribution in [0.15, 0.2) is 18.7 Å². The zero-order valence-electron chi connectivity index (χ0n) is 3.89. The highest BCUT2D eigenvalue weighted by Gasteiger charge is 1.56. The SMILES string of the molecule is P.S.c1c[nH]cn1. The molecular formula is C3H9N2PS. The van der Waals surface area contributed by atoms with Gasteiger partial charge in [0.05, 0.1) is 6.33 Å². The molecule has 1 aromatic heterocycles. The molecule has 1 N–H and O–H groups in total. The summed E-state index contributed by atoms with van der Waals surface area (Å²) < 4.78 is 0. The van der Waals surface area contributed by atoms with E-state index < -0.39 is 0 Å². The molecule has 1 aromatic rings. The minimum atomic E-state index is 0. The molecule has 42 valence electrons. The Hall–Kier alpha value is -0.0100. The molecule has 0 fully saturated rings. The molecule has 2 nitrogen and oxygen atoms in total. The zero-order valence-corrected chi connectivity index (χ0v) is 6.30. The number of H-pyrrole nitrogens is 1. The summed E-state index contributed by atoms with van der Waals surface area (Å²) in [4.78, 5) is 6.42. The van der Waals surface area contributed by atoms with E-state index in [-0.39, 0.29) is 23.4 Å². The minimum absolute atomic E-state index is 0. The number of hydrogen-bond acceptors (Lipinski definition) is 1. The Bertz CT molecular complexity index is 69.4. The average Bonchev–Trinajstić information content (AvgIpc) is 1.76. The van der Waals surface area contributed by atoms with Crippen molar-refractivity contribution in [1.29, 1.82) is 0 Å². The van der Waals surface area contributed by atoms with Gasteiger partial charge in [0, 0.05) is 12.4 Å². The van der Waals surface area contributed by atoms with E-state index in [1.165, 1.54) is 0 Å². The molecule has 0 radical (unpaired) electrons. The van der Waals surface area contributed by atoms with Crippen LogP contribution in [-0.4, -0.2) is 9.97 Å². The molecule has 0 spiro atoms. The van der Waals surface area contributed by atoms with Crippen LogP contribution in [0, 0.1) is 0 Å². The van der Waals surface area contributed by atoms with Crippen molar-refractivity contribution in [2.24, 2.45) is 0 Å². The van der Waals surface area contributed by atoms with E-state index >= 15 is 0 Å². The average molecular weight is 136 g/mol. The number of hydrogen-bond donors (Lipinski definition) is 1. The number of rotatable bonds is 0. The lowest BCUT2D eigenvalue weighted by Gasteiger charge is -1.46. The lowest BCUT2D eigenvalue weighted by Crippen LogP contribution is -1.44. The summed E-state index contributed by atoms with van der Waals surface area (Å²) in [6, 6.07) is 0. The minimum Gasteiger partial charge on any atom is -0.351 e. The van der Waals surface area contributed by atoms with Crippen LogP contribution < -0.4 is 0 Å². The van der Waals surface area contributed by atoms with E-state index in [9.17, 15) is 0 Å². The summed E-state index contributed by atoms with van der Waals surface area (Å²) in [5.74, 6) is 0. The lowest BCUT2D eigenvalue weighted by molar-refractivity contribution is 1.31. The van der Waals surface area contributed by atoms with Crippen LogP contribution in [0.5, 0.6) is 0 Å². The molecule has 0 bridgehead atoms. The zero-order chi connectivity index (χ0) is 3.54. The fourth-order valence-electron chi connectivity index (χ4n) is 0.215. The molecule has 0 saturated heterocycles. The maximum Gasteiger partial charge on any atom is 0.0919 e. The summed E-state index contributed by atoms with van der Waals surface area (Å²) in [5, 5.41) is 0. The third-order valence-corrected chi connectivity index (χ3v) is 0.406. The highest BCUT2D eigenvalue weighted by molar-refractivity contribution is 7.59. The van der Waals surface area contributed by atoms with E-state index in [4.69, 9.17) is 0 Å². The van der Waals surface area contributed by atoms with Crippen LogP contribution in [0.3, 0.4) is 0 Å². The highest BCUT2D eigenvalue weighted by Crippen LogP contribution is 1.62. The molecular weight excluding hydrogens is 127 g/mol. The van der Waals surface area contributed by atoms with Gasteiger partial charge in [0.2, 0.25) is 0 Å². The largest absolute Gasteiger partial charge is 0.351 e. The van der Waals surface area contributed by atoms with Gasteiger partial charge in [0.1, 0.15) is 0 Å². The van der Waals surface area contributed by atoms with E-state index in [1.807, 2.05) is 0 Å². The van der Waals surface area contributed by atoms with Crippen molar-refractivity contribution < 1.29 is 0 Å². The Morgan fingerprint density at radius 2 is 2.14 bits per heavy atom. The number of aromatic amines is 1. The first kappa shape index (κ1) is 10.1. The van der Waals surface area contributed by atoms with E-state index in [2.05, 4.69) is 9.97 Å². The van der Waals surface area contributed by atoms with Gasteiger partial charge >= 0.3 is 0 Å². The molecule has 4 heteroatoms. The van der Waals surface area contributed by atoms with Crippen LogP contribution in [0.4, 0.5) is 0 Å². The molecule has 0 aliphatic rings. The second-order valence-corrected chi connectivity index (χ2v) is 0.761. The van der Waals surface area contributed by atoms with Crippen molar-refractivity contribution in [2.45, 2.75) is 0 Å². The van der Waals surface area contributed by atoms with E-state index in [1.54, 1.807) is 18.7 Å². The van der Waals surface area contributed by atoms with Gasteiger partial charge in [-0.25, -0.2) is 4.98 Å². The van der Waals surface area contributed by atoms with Crippen LogP contribution >= 0.6 is 23.4 Å². The lowest BCUT2D eigenvalue weighted by atomic mass is 11.0. The summed E-state index contributed by atoms with van der Waals surface area (Å²) in [7, 11) is 0. The summed E-state index contributed by atoms with van der Waals surface area (Å²) in [5.41, 5.74) is 0. The number of nitrogens with zero attached hydrogens (tertiary/aromatic N) is 1. The third-order valence-electron chi connectivity index (χ3n) is 0.406. The van der Waals surface area contributed by atoms with Gasteiger partial charge in [0.15, 0.2) is 0 Å². The van der Waals surface area contributed by atoms with Crippen molar-refractivity contribution in [3.63, 3.8) is 0 Å². The second-order valence-electron chi connectivity index (χ2n) is 0.761. The molecule has 1 heterocycles. The first-order chi connectivity index (χ1) is 2.50. The normalized spacial score (nSPS) is 5.71. The first-order valence-corrected chi connectivity index (χ1v) is 1.43. The van der Waals surface area contributed by atoms with Crippen LogP contribution in [0.1, 0.15) is 0 Å². The number of nitrogens with one attached hydrogen (secondary N) is 1. The summed E-state index contributed by atoms with van der Waals surface area (Å²) >= 11 is 0. The van der Waals surface area contributed by atoms with Gasteiger partial charge in [-0.05, 0) is 0 Å². The molecule has 0 amide bonds. The molecule has 0 aliphatic heterocycles. The van der Waals surface area contributed by atoms with Crippen molar-refractivity contribution >= 4 is 23.4 Å². The monoisotopic (exact) mass is 136 g/mol. The first-order valence-electron chi connectivity index (χ1n) is 1.43. The van der Waals surface area contributed by atoms with Crippen molar-refractivity contribution in [1.82, 2.24) is 9.97 Å². The number of imidazole rings is 1. The molecule has 0 aliphatic carbocycles. The molecule has 1 atom stereocenters. The smallest absolute Gasteiger partial charge is 0.0919 e. The molecule has 0 saturated carbocycles.